The number of aliphatic carboxylic acids is 1. The third-order valence-electron chi connectivity index (χ3n) is 0.420. The molecule has 4 nitrogen and oxygen atoms in total. The maximum Gasteiger partial charge on any atom is 0.303 e. The van der Waals surface area contributed by atoms with Crippen LogP contribution in [0.1, 0.15) is 13.3 Å². The van der Waals surface area contributed by atoms with Crippen LogP contribution in [0, 0.1) is 0 Å². The Morgan fingerprint density at radius 3 is 2.22 bits per heavy atom. The van der Waals surface area contributed by atoms with Gasteiger partial charge >= 0.3 is 5.97 Å². The van der Waals surface area contributed by atoms with Crippen molar-refractivity contribution in [3.63, 3.8) is 0 Å². The molecule has 0 aromatic heterocycles. The van der Waals surface area contributed by atoms with Gasteiger partial charge in [0, 0.05) is 12.6 Å². The molecule has 0 aromatic carbocycles. The summed E-state index contributed by atoms with van der Waals surface area (Å²) in [6.45, 7) is 4.84. The first-order valence-corrected chi connectivity index (χ1v) is 2.47. The molecule has 9 heavy (non-hydrogen) atoms. The van der Waals surface area contributed by atoms with Crippen LogP contribution in [0.25, 0.3) is 0 Å². The first-order chi connectivity index (χ1) is 4.18. The van der Waals surface area contributed by atoms with Crippen LogP contribution in [0.4, 0.5) is 0 Å². The number of hydrazine groups is 1. The van der Waals surface area contributed by atoms with E-state index in [0.717, 1.165) is 0 Å². The summed E-state index contributed by atoms with van der Waals surface area (Å²) >= 11 is 0. The molecule has 0 bridgehead atoms. The molecule has 0 atom stereocenters. The molecule has 0 aromatic rings. The van der Waals surface area contributed by atoms with Gasteiger partial charge in [-0.2, -0.15) is 0 Å². The summed E-state index contributed by atoms with van der Waals surface area (Å²) in [6, 6.07) is 0. The fourth-order valence-electron chi connectivity index (χ4n) is 0. The maximum absolute atomic E-state index is 9.37. The van der Waals surface area contributed by atoms with E-state index in [0.29, 0.717) is 0 Å². The zero-order valence-corrected chi connectivity index (χ0v) is 5.42. The van der Waals surface area contributed by atoms with Crippen LogP contribution in [0.2, 0.25) is 0 Å². The van der Waals surface area contributed by atoms with E-state index in [1.54, 1.807) is 6.92 Å². The van der Waals surface area contributed by atoms with Crippen molar-refractivity contribution in [2.75, 3.05) is 0 Å². The first kappa shape index (κ1) is 10.9. The number of hydrogen-bond donors (Lipinski definition) is 3. The average Bonchev–Trinajstić information content (AvgIpc) is 1.89. The highest BCUT2D eigenvalue weighted by Crippen LogP contribution is 1.67. The minimum absolute atomic E-state index is 0.222. The molecule has 0 aliphatic heterocycles. The van der Waals surface area contributed by atoms with Crippen molar-refractivity contribution < 1.29 is 9.90 Å². The van der Waals surface area contributed by atoms with E-state index in [4.69, 9.17) is 5.11 Å². The molecule has 4 heteroatoms. The number of nitrogens with two attached hydrogens (primary N) is 1. The second kappa shape index (κ2) is 10.1. The van der Waals surface area contributed by atoms with Crippen molar-refractivity contribution >= 4 is 5.97 Å². The largest absolute Gasteiger partial charge is 0.481 e. The van der Waals surface area contributed by atoms with Gasteiger partial charge in [0.05, 0.1) is 0 Å². The molecule has 0 aliphatic rings. The van der Waals surface area contributed by atoms with Crippen LogP contribution >= 0.6 is 0 Å². The third-order valence-corrected chi connectivity index (χ3v) is 0.420. The molecule has 0 amide bonds. The number of hydrogen-bond acceptors (Lipinski definition) is 3. The van der Waals surface area contributed by atoms with Crippen molar-refractivity contribution in [2.24, 2.45) is 5.84 Å². The van der Waals surface area contributed by atoms with Gasteiger partial charge in [-0.15, -0.1) is 0 Å². The summed E-state index contributed by atoms with van der Waals surface area (Å²) < 4.78 is 0. The Kier molecular flexibility index (Phi) is 12.1. The van der Waals surface area contributed by atoms with Crippen LogP contribution < -0.4 is 11.3 Å². The van der Waals surface area contributed by atoms with Crippen LogP contribution in [0.3, 0.4) is 0 Å². The fraction of sp³-hybridized carbons (Fsp3) is 0.400. The van der Waals surface area contributed by atoms with Crippen molar-refractivity contribution in [1.82, 2.24) is 5.43 Å². The van der Waals surface area contributed by atoms with Gasteiger partial charge < -0.3 is 10.5 Å². The minimum atomic E-state index is -0.745. The lowest BCUT2D eigenvalue weighted by Crippen LogP contribution is -2.11. The minimum Gasteiger partial charge on any atom is -0.481 e. The van der Waals surface area contributed by atoms with Crippen molar-refractivity contribution in [3.8, 4) is 0 Å². The van der Waals surface area contributed by atoms with Gasteiger partial charge in [-0.25, -0.2) is 0 Å². The van der Waals surface area contributed by atoms with E-state index in [1.165, 1.54) is 6.20 Å². The lowest BCUT2D eigenvalue weighted by atomic mass is 10.5. The van der Waals surface area contributed by atoms with Crippen LogP contribution in [-0.2, 0) is 4.79 Å². The fourth-order valence-corrected chi connectivity index (χ4v) is 0. The molecular weight excluding hydrogens is 120 g/mol. The molecule has 0 spiro atoms. The highest BCUT2D eigenvalue weighted by atomic mass is 16.4. The molecule has 0 radical (unpaired) electrons. The van der Waals surface area contributed by atoms with E-state index in [-0.39, 0.29) is 6.42 Å². The maximum atomic E-state index is 9.37. The number of carbonyl (C=O) groups is 1. The second-order valence-corrected chi connectivity index (χ2v) is 1.12. The van der Waals surface area contributed by atoms with Crippen molar-refractivity contribution in [1.29, 1.82) is 0 Å². The molecular formula is C5H12N2O2. The van der Waals surface area contributed by atoms with E-state index >= 15 is 0 Å². The normalized spacial score (nSPS) is 6.44. The summed E-state index contributed by atoms with van der Waals surface area (Å²) in [6.07, 6.45) is 1.62. The summed E-state index contributed by atoms with van der Waals surface area (Å²) in [5.41, 5.74) is 2.19. The average molecular weight is 132 g/mol. The zero-order valence-electron chi connectivity index (χ0n) is 5.42. The van der Waals surface area contributed by atoms with Crippen LogP contribution in [0.15, 0.2) is 12.8 Å². The lowest BCUT2D eigenvalue weighted by molar-refractivity contribution is -0.136. The molecule has 0 fully saturated rings. The van der Waals surface area contributed by atoms with Crippen molar-refractivity contribution in [3.05, 3.63) is 12.8 Å². The molecule has 54 valence electrons. The Labute approximate surface area is 54.3 Å². The first-order valence-electron chi connectivity index (χ1n) is 2.47. The smallest absolute Gasteiger partial charge is 0.303 e. The highest BCUT2D eigenvalue weighted by Gasteiger charge is 1.80. The highest BCUT2D eigenvalue weighted by molar-refractivity contribution is 5.66. The predicted molar refractivity (Wildman–Crippen MR) is 35.4 cm³/mol. The van der Waals surface area contributed by atoms with E-state index in [1.807, 2.05) is 0 Å². The SMILES string of the molecule is C=CNN.CCC(=O)O. The van der Waals surface area contributed by atoms with Crippen molar-refractivity contribution in [2.45, 2.75) is 13.3 Å². The van der Waals surface area contributed by atoms with Gasteiger partial charge in [-0.05, 0) is 0 Å². The van der Waals surface area contributed by atoms with Crippen LogP contribution in [-0.4, -0.2) is 11.1 Å². The van der Waals surface area contributed by atoms with E-state index < -0.39 is 5.97 Å². The molecule has 0 aliphatic carbocycles. The number of rotatable bonds is 2. The van der Waals surface area contributed by atoms with Gasteiger partial charge in [-0.3, -0.25) is 10.6 Å². The van der Waals surface area contributed by atoms with E-state index in [9.17, 15) is 4.79 Å². The second-order valence-electron chi connectivity index (χ2n) is 1.12. The Morgan fingerprint density at radius 2 is 2.22 bits per heavy atom. The monoisotopic (exact) mass is 132 g/mol. The molecule has 0 saturated carbocycles. The summed E-state index contributed by atoms with van der Waals surface area (Å²) in [5.74, 6) is 3.91. The standard InChI is InChI=1S/C3H6O2.C2H6N2/c1-2-3(4)5;1-2-4-3/h2H2,1H3,(H,4,5);2,4H,1,3H2. The molecule has 4 N–H and O–H groups in total. The Morgan fingerprint density at radius 1 is 2.00 bits per heavy atom. The van der Waals surface area contributed by atoms with E-state index in [2.05, 4.69) is 17.8 Å². The number of carboxylic acid groups (broad SMARTS) is 1. The molecule has 0 unspecified atom stereocenters. The number of carboxylic acids is 1. The molecule has 0 heterocycles. The summed E-state index contributed by atoms with van der Waals surface area (Å²) in [4.78, 5) is 9.37. The zero-order chi connectivity index (χ0) is 7.70. The van der Waals surface area contributed by atoms with Gasteiger partial charge in [0.1, 0.15) is 0 Å². The topological polar surface area (TPSA) is 75.3 Å². The predicted octanol–water partition coefficient (Wildman–Crippen LogP) is 0.0742. The van der Waals surface area contributed by atoms with Gasteiger partial charge in [-0.1, -0.05) is 13.5 Å². The van der Waals surface area contributed by atoms with Gasteiger partial charge in [0.15, 0.2) is 0 Å². The molecule has 0 saturated heterocycles. The molecule has 0 rings (SSSR count). The summed E-state index contributed by atoms with van der Waals surface area (Å²) in [7, 11) is 0. The third kappa shape index (κ3) is 44.4. The van der Waals surface area contributed by atoms with Gasteiger partial charge in [0.2, 0.25) is 0 Å². The lowest BCUT2D eigenvalue weighted by Gasteiger charge is -1.72. The Balaban J connectivity index is 0. The summed E-state index contributed by atoms with van der Waals surface area (Å²) in [5, 5.41) is 7.72. The van der Waals surface area contributed by atoms with Gasteiger partial charge in [0.25, 0.3) is 0 Å². The number of nitrogens with one attached hydrogen (secondary N) is 1. The Bertz CT molecular complexity index is 83.0. The Hall–Kier alpha value is -1.03. The van der Waals surface area contributed by atoms with Crippen LogP contribution in [0.5, 0.6) is 0 Å². The quantitative estimate of drug-likeness (QED) is 0.367.